The molecule has 92 valence electrons. The molecule has 4 unspecified atom stereocenters. The van der Waals surface area contributed by atoms with Gasteiger partial charge in [0.15, 0.2) is 0 Å². The van der Waals surface area contributed by atoms with Crippen molar-refractivity contribution in [2.45, 2.75) is 51.5 Å². The Bertz CT molecular complexity index is 279. The van der Waals surface area contributed by atoms with Crippen LogP contribution in [0.1, 0.15) is 46.0 Å². The molecule has 0 bridgehead atoms. The highest BCUT2D eigenvalue weighted by Gasteiger charge is 2.39. The van der Waals surface area contributed by atoms with E-state index in [4.69, 9.17) is 5.73 Å². The fourth-order valence-corrected chi connectivity index (χ4v) is 2.88. The normalized spacial score (nSPS) is 42.8. The second kappa shape index (κ2) is 4.36. The molecule has 3 heteroatoms. The Hall–Kier alpha value is -0.570. The van der Waals surface area contributed by atoms with Gasteiger partial charge in [0, 0.05) is 6.54 Å². The number of amides is 1. The van der Waals surface area contributed by atoms with Gasteiger partial charge in [-0.25, -0.2) is 0 Å². The van der Waals surface area contributed by atoms with Crippen molar-refractivity contribution in [1.82, 2.24) is 5.32 Å². The van der Waals surface area contributed by atoms with Crippen LogP contribution in [0.15, 0.2) is 0 Å². The largest absolute Gasteiger partial charge is 0.354 e. The van der Waals surface area contributed by atoms with Gasteiger partial charge in [-0.3, -0.25) is 4.79 Å². The summed E-state index contributed by atoms with van der Waals surface area (Å²) in [5.74, 6) is 2.16. The first-order chi connectivity index (χ1) is 7.51. The van der Waals surface area contributed by atoms with E-state index in [1.807, 2.05) is 0 Å². The Morgan fingerprint density at radius 2 is 2.19 bits per heavy atom. The molecule has 16 heavy (non-hydrogen) atoms. The minimum Gasteiger partial charge on any atom is -0.354 e. The molecular weight excluding hydrogens is 200 g/mol. The van der Waals surface area contributed by atoms with Crippen LogP contribution in [0.25, 0.3) is 0 Å². The summed E-state index contributed by atoms with van der Waals surface area (Å²) in [5.41, 5.74) is 5.63. The van der Waals surface area contributed by atoms with Crippen LogP contribution >= 0.6 is 0 Å². The highest BCUT2D eigenvalue weighted by atomic mass is 16.2. The van der Waals surface area contributed by atoms with Crippen molar-refractivity contribution in [2.75, 3.05) is 6.54 Å². The molecule has 0 saturated heterocycles. The molecule has 2 fully saturated rings. The van der Waals surface area contributed by atoms with Crippen LogP contribution in [0.5, 0.6) is 0 Å². The van der Waals surface area contributed by atoms with Gasteiger partial charge in [-0.05, 0) is 37.0 Å². The lowest BCUT2D eigenvalue weighted by atomic mass is 9.76. The molecule has 0 spiro atoms. The Kier molecular flexibility index (Phi) is 3.24. The van der Waals surface area contributed by atoms with Crippen LogP contribution in [-0.2, 0) is 4.79 Å². The summed E-state index contributed by atoms with van der Waals surface area (Å²) in [7, 11) is 0. The first-order valence-electron chi connectivity index (χ1n) is 6.58. The number of nitrogens with one attached hydrogen (secondary N) is 1. The summed E-state index contributed by atoms with van der Waals surface area (Å²) in [5, 5.41) is 3.04. The summed E-state index contributed by atoms with van der Waals surface area (Å²) in [6.45, 7) is 5.25. The molecule has 1 amide bonds. The maximum atomic E-state index is 12.1. The van der Waals surface area contributed by atoms with Gasteiger partial charge < -0.3 is 11.1 Å². The molecule has 2 aliphatic rings. The Morgan fingerprint density at radius 3 is 2.75 bits per heavy atom. The van der Waals surface area contributed by atoms with Crippen molar-refractivity contribution in [1.29, 1.82) is 0 Å². The first kappa shape index (κ1) is 11.9. The van der Waals surface area contributed by atoms with Gasteiger partial charge in [0.1, 0.15) is 0 Å². The molecular formula is C13H24N2O. The third-order valence-corrected chi connectivity index (χ3v) is 4.29. The quantitative estimate of drug-likeness (QED) is 0.766. The zero-order valence-electron chi connectivity index (χ0n) is 10.5. The fourth-order valence-electron chi connectivity index (χ4n) is 2.88. The lowest BCUT2D eigenvalue weighted by Gasteiger charge is -2.35. The highest BCUT2D eigenvalue weighted by Crippen LogP contribution is 2.37. The van der Waals surface area contributed by atoms with Crippen molar-refractivity contribution in [3.63, 3.8) is 0 Å². The van der Waals surface area contributed by atoms with Crippen molar-refractivity contribution in [2.24, 2.45) is 23.5 Å². The van der Waals surface area contributed by atoms with Gasteiger partial charge in [0.05, 0.1) is 5.54 Å². The molecule has 3 N–H and O–H groups in total. The lowest BCUT2D eigenvalue weighted by Crippen LogP contribution is -2.56. The summed E-state index contributed by atoms with van der Waals surface area (Å²) in [6, 6.07) is 0. The standard InChI is InChI=1S/C13H24N2O/c1-9-4-3-5-13(14,7-9)12(16)15-8-11-6-10(11)2/h9-11H,3-8,14H2,1-2H3,(H,15,16). The minimum atomic E-state index is -0.588. The number of rotatable bonds is 3. The fraction of sp³-hybridized carbons (Fsp3) is 0.923. The Labute approximate surface area is 98.2 Å². The van der Waals surface area contributed by atoms with Gasteiger partial charge in [-0.1, -0.05) is 26.7 Å². The van der Waals surface area contributed by atoms with Crippen molar-refractivity contribution in [3.8, 4) is 0 Å². The van der Waals surface area contributed by atoms with E-state index in [2.05, 4.69) is 19.2 Å². The lowest BCUT2D eigenvalue weighted by molar-refractivity contribution is -0.128. The zero-order valence-corrected chi connectivity index (χ0v) is 10.5. The molecule has 2 saturated carbocycles. The molecule has 0 aromatic heterocycles. The topological polar surface area (TPSA) is 55.1 Å². The van der Waals surface area contributed by atoms with E-state index in [9.17, 15) is 4.79 Å². The van der Waals surface area contributed by atoms with Gasteiger partial charge >= 0.3 is 0 Å². The Morgan fingerprint density at radius 1 is 1.50 bits per heavy atom. The van der Waals surface area contributed by atoms with E-state index >= 15 is 0 Å². The molecule has 0 heterocycles. The van der Waals surface area contributed by atoms with Gasteiger partial charge in [-0.2, -0.15) is 0 Å². The van der Waals surface area contributed by atoms with E-state index in [1.54, 1.807) is 0 Å². The predicted molar refractivity (Wildman–Crippen MR) is 64.8 cm³/mol. The van der Waals surface area contributed by atoms with Crippen molar-refractivity contribution in [3.05, 3.63) is 0 Å². The first-order valence-corrected chi connectivity index (χ1v) is 6.58. The molecule has 0 aliphatic heterocycles. The average molecular weight is 224 g/mol. The third kappa shape index (κ3) is 2.57. The number of carbonyl (C=O) groups is 1. The summed E-state index contributed by atoms with van der Waals surface area (Å²) < 4.78 is 0. The van der Waals surface area contributed by atoms with E-state index in [1.165, 1.54) is 12.8 Å². The second-order valence-electron chi connectivity index (χ2n) is 6.04. The molecule has 0 aromatic rings. The smallest absolute Gasteiger partial charge is 0.240 e. The highest BCUT2D eigenvalue weighted by molar-refractivity contribution is 5.86. The molecule has 0 aromatic carbocycles. The molecule has 0 radical (unpaired) electrons. The number of carbonyl (C=O) groups excluding carboxylic acids is 1. The maximum absolute atomic E-state index is 12.1. The Balaban J connectivity index is 1.82. The predicted octanol–water partition coefficient (Wildman–Crippen LogP) is 1.67. The zero-order chi connectivity index (χ0) is 11.8. The average Bonchev–Trinajstić information content (AvgIpc) is 2.90. The van der Waals surface area contributed by atoms with Crippen LogP contribution in [0, 0.1) is 17.8 Å². The molecule has 3 nitrogen and oxygen atoms in total. The molecule has 2 aliphatic carbocycles. The SMILES string of the molecule is CC1CCCC(N)(C(=O)NCC2CC2C)C1. The van der Waals surface area contributed by atoms with Crippen LogP contribution in [0.4, 0.5) is 0 Å². The third-order valence-electron chi connectivity index (χ3n) is 4.29. The summed E-state index contributed by atoms with van der Waals surface area (Å²) in [6.07, 6.45) is 5.26. The molecule has 4 atom stereocenters. The van der Waals surface area contributed by atoms with Crippen molar-refractivity contribution >= 4 is 5.91 Å². The maximum Gasteiger partial charge on any atom is 0.240 e. The van der Waals surface area contributed by atoms with Gasteiger partial charge in [-0.15, -0.1) is 0 Å². The van der Waals surface area contributed by atoms with Gasteiger partial charge in [0.25, 0.3) is 0 Å². The van der Waals surface area contributed by atoms with E-state index < -0.39 is 5.54 Å². The summed E-state index contributed by atoms with van der Waals surface area (Å²) in [4.78, 5) is 12.1. The number of hydrogen-bond acceptors (Lipinski definition) is 2. The van der Waals surface area contributed by atoms with Gasteiger partial charge in [0.2, 0.25) is 5.91 Å². The number of hydrogen-bond donors (Lipinski definition) is 2. The second-order valence-corrected chi connectivity index (χ2v) is 6.04. The van der Waals surface area contributed by atoms with E-state index in [0.29, 0.717) is 11.8 Å². The van der Waals surface area contributed by atoms with Crippen LogP contribution in [0.2, 0.25) is 0 Å². The molecule has 2 rings (SSSR count). The summed E-state index contributed by atoms with van der Waals surface area (Å²) >= 11 is 0. The van der Waals surface area contributed by atoms with Crippen molar-refractivity contribution < 1.29 is 4.79 Å². The van der Waals surface area contributed by atoms with Crippen LogP contribution in [-0.4, -0.2) is 18.0 Å². The van der Waals surface area contributed by atoms with E-state index in [-0.39, 0.29) is 5.91 Å². The van der Waals surface area contributed by atoms with Crippen LogP contribution in [0.3, 0.4) is 0 Å². The minimum absolute atomic E-state index is 0.0816. The van der Waals surface area contributed by atoms with E-state index in [0.717, 1.165) is 31.7 Å². The van der Waals surface area contributed by atoms with Crippen LogP contribution < -0.4 is 11.1 Å². The monoisotopic (exact) mass is 224 g/mol. The number of nitrogens with two attached hydrogens (primary N) is 1.